The fraction of sp³-hybridized carbons (Fsp3) is 0.889. The Bertz CT molecular complexity index is 358. The van der Waals surface area contributed by atoms with E-state index >= 15 is 0 Å². The molecule has 0 aromatic heterocycles. The van der Waals surface area contributed by atoms with Gasteiger partial charge in [0.25, 0.3) is 0 Å². The Hall–Kier alpha value is -0.163. The summed E-state index contributed by atoms with van der Waals surface area (Å²) in [5, 5.41) is 0. The smallest absolute Gasteiger partial charge is 0.184 e. The van der Waals surface area contributed by atoms with Gasteiger partial charge >= 0.3 is 0 Å². The molecule has 0 aromatic rings. The van der Waals surface area contributed by atoms with Crippen LogP contribution < -0.4 is 0 Å². The Balaban J connectivity index is 3.18. The molecule has 0 bridgehead atoms. The minimum Gasteiger partial charge on any atom is -0.408 e. The molecule has 0 unspecified atom stereocenters. The van der Waals surface area contributed by atoms with Gasteiger partial charge in [-0.3, -0.25) is 0 Å². The van der Waals surface area contributed by atoms with Crippen molar-refractivity contribution in [2.24, 2.45) is 5.92 Å². The molecule has 0 aliphatic heterocycles. The zero-order chi connectivity index (χ0) is 16.8. The predicted molar refractivity (Wildman–Crippen MR) is 95.6 cm³/mol. The second-order valence-electron chi connectivity index (χ2n) is 7.51. The molecule has 2 atom stereocenters. The van der Waals surface area contributed by atoms with Crippen LogP contribution in [-0.2, 0) is 13.9 Å². The summed E-state index contributed by atoms with van der Waals surface area (Å²) in [4.78, 5) is 0. The number of hydrogen-bond acceptors (Lipinski definition) is 3. The van der Waals surface area contributed by atoms with E-state index in [-0.39, 0.29) is 11.9 Å². The first kappa shape index (κ1) is 19.9. The summed E-state index contributed by atoms with van der Waals surface area (Å²) in [5.74, 6) is 0.461. The van der Waals surface area contributed by atoms with E-state index in [1.807, 2.05) is 0 Å². The van der Waals surface area contributed by atoms with Gasteiger partial charge in [0.1, 0.15) is 0 Å². The van der Waals surface area contributed by atoms with Crippen LogP contribution in [0.2, 0.25) is 19.6 Å². The molecule has 1 aliphatic rings. The molecule has 4 heteroatoms. The second-order valence-corrected chi connectivity index (χ2v) is 11.9. The van der Waals surface area contributed by atoms with Gasteiger partial charge in [-0.15, -0.1) is 0 Å². The van der Waals surface area contributed by atoms with E-state index in [9.17, 15) is 0 Å². The van der Waals surface area contributed by atoms with Crippen molar-refractivity contribution >= 4 is 8.32 Å². The predicted octanol–water partition coefficient (Wildman–Crippen LogP) is 5.13. The highest BCUT2D eigenvalue weighted by Gasteiger charge is 2.45. The molecule has 0 saturated heterocycles. The van der Waals surface area contributed by atoms with Crippen LogP contribution in [0.3, 0.4) is 0 Å². The number of ether oxygens (including phenoxy) is 2. The van der Waals surface area contributed by atoms with Crippen LogP contribution >= 0.6 is 0 Å². The van der Waals surface area contributed by atoms with Crippen molar-refractivity contribution in [3.05, 3.63) is 11.6 Å². The topological polar surface area (TPSA) is 27.7 Å². The third-order valence-corrected chi connectivity index (χ3v) is 5.83. The van der Waals surface area contributed by atoms with E-state index in [0.29, 0.717) is 5.92 Å². The molecule has 0 aromatic carbocycles. The molecule has 0 amide bonds. The Morgan fingerprint density at radius 3 is 2.32 bits per heavy atom. The molecule has 3 nitrogen and oxygen atoms in total. The highest BCUT2D eigenvalue weighted by atomic mass is 28.4. The van der Waals surface area contributed by atoms with Crippen LogP contribution in [0.4, 0.5) is 0 Å². The zero-order valence-electron chi connectivity index (χ0n) is 15.7. The van der Waals surface area contributed by atoms with Crippen molar-refractivity contribution in [1.82, 2.24) is 0 Å². The third-order valence-electron chi connectivity index (χ3n) is 4.85. The van der Waals surface area contributed by atoms with E-state index in [4.69, 9.17) is 13.9 Å². The van der Waals surface area contributed by atoms with Crippen molar-refractivity contribution in [3.63, 3.8) is 0 Å². The highest BCUT2D eigenvalue weighted by molar-refractivity contribution is 6.69. The van der Waals surface area contributed by atoms with Gasteiger partial charge in [-0.2, -0.15) is 0 Å². The Labute approximate surface area is 138 Å². The molecule has 1 fully saturated rings. The number of rotatable bonds is 7. The molecular formula is C18H36O3Si. The molecule has 1 aliphatic carbocycles. The summed E-state index contributed by atoms with van der Waals surface area (Å²) in [6.07, 6.45) is 9.15. The first-order chi connectivity index (χ1) is 10.3. The lowest BCUT2D eigenvalue weighted by Gasteiger charge is -2.46. The highest BCUT2D eigenvalue weighted by Crippen LogP contribution is 2.45. The van der Waals surface area contributed by atoms with Crippen molar-refractivity contribution in [1.29, 1.82) is 0 Å². The summed E-state index contributed by atoms with van der Waals surface area (Å²) in [6.45, 7) is 11.3. The minimum absolute atomic E-state index is 0.134. The van der Waals surface area contributed by atoms with E-state index < -0.39 is 8.32 Å². The molecule has 1 rings (SSSR count). The third kappa shape index (κ3) is 5.19. The molecule has 130 valence electrons. The minimum atomic E-state index is -1.65. The van der Waals surface area contributed by atoms with Gasteiger partial charge in [-0.25, -0.2) is 0 Å². The summed E-state index contributed by atoms with van der Waals surface area (Å²) < 4.78 is 17.8. The maximum atomic E-state index is 6.86. The lowest BCUT2D eigenvalue weighted by atomic mass is 9.76. The van der Waals surface area contributed by atoms with Gasteiger partial charge in [-0.05, 0) is 57.8 Å². The average Bonchev–Trinajstić information content (AvgIpc) is 2.65. The molecule has 0 radical (unpaired) electrons. The van der Waals surface area contributed by atoms with E-state index in [2.05, 4.69) is 39.6 Å². The first-order valence-electron chi connectivity index (χ1n) is 8.68. The van der Waals surface area contributed by atoms with Crippen LogP contribution in [0, 0.1) is 5.92 Å². The van der Waals surface area contributed by atoms with Crippen molar-refractivity contribution in [2.75, 3.05) is 14.2 Å². The lowest BCUT2D eigenvalue weighted by Crippen LogP contribution is -2.49. The summed E-state index contributed by atoms with van der Waals surface area (Å²) in [6, 6.07) is 0. The molecule has 0 heterocycles. The molecule has 1 saturated carbocycles. The normalized spacial score (nSPS) is 28.0. The van der Waals surface area contributed by atoms with Gasteiger partial charge in [0.05, 0.1) is 5.60 Å². The average molecular weight is 329 g/mol. The number of hydrogen-bond donors (Lipinski definition) is 0. The van der Waals surface area contributed by atoms with Gasteiger partial charge in [0, 0.05) is 20.6 Å². The fourth-order valence-electron chi connectivity index (χ4n) is 3.75. The van der Waals surface area contributed by atoms with Crippen molar-refractivity contribution in [3.8, 4) is 0 Å². The largest absolute Gasteiger partial charge is 0.408 e. The SMILES string of the molecule is C/C=C(/C)[C@@]1(O[Si](C)(C)C)CCCCC[C@@H]1CC(OC)OC. The standard InChI is InChI=1S/C18H36O3Si/c1-8-15(2)18(21-22(5,6)7)13-11-9-10-12-16(18)14-17(19-3)20-4/h8,16-17H,9-14H2,1-7H3/b15-8-/t16-,18+/m1/s1. The summed E-state index contributed by atoms with van der Waals surface area (Å²) in [5.41, 5.74) is 1.25. The maximum Gasteiger partial charge on any atom is 0.184 e. The van der Waals surface area contributed by atoms with Crippen LogP contribution in [-0.4, -0.2) is 34.4 Å². The summed E-state index contributed by atoms with van der Waals surface area (Å²) >= 11 is 0. The number of methoxy groups -OCH3 is 2. The monoisotopic (exact) mass is 328 g/mol. The van der Waals surface area contributed by atoms with Gasteiger partial charge in [0.2, 0.25) is 0 Å². The molecule has 0 spiro atoms. The zero-order valence-corrected chi connectivity index (χ0v) is 16.7. The molecule has 0 N–H and O–H groups in total. The van der Waals surface area contributed by atoms with Gasteiger partial charge in [-0.1, -0.05) is 25.3 Å². The van der Waals surface area contributed by atoms with Crippen molar-refractivity contribution < 1.29 is 13.9 Å². The fourth-order valence-corrected chi connectivity index (χ4v) is 5.27. The van der Waals surface area contributed by atoms with E-state index in [1.54, 1.807) is 14.2 Å². The van der Waals surface area contributed by atoms with Crippen LogP contribution in [0.1, 0.15) is 52.4 Å². The lowest BCUT2D eigenvalue weighted by molar-refractivity contribution is -0.128. The Morgan fingerprint density at radius 1 is 1.18 bits per heavy atom. The van der Waals surface area contributed by atoms with E-state index in [0.717, 1.165) is 12.8 Å². The van der Waals surface area contributed by atoms with Crippen LogP contribution in [0.25, 0.3) is 0 Å². The van der Waals surface area contributed by atoms with Gasteiger partial charge in [0.15, 0.2) is 14.6 Å². The number of allylic oxidation sites excluding steroid dienone is 1. The maximum absolute atomic E-state index is 6.86. The van der Waals surface area contributed by atoms with Gasteiger partial charge < -0.3 is 13.9 Å². The summed E-state index contributed by atoms with van der Waals surface area (Å²) in [7, 11) is 1.81. The molecule has 22 heavy (non-hydrogen) atoms. The first-order valence-corrected chi connectivity index (χ1v) is 12.1. The Kier molecular flexibility index (Phi) is 7.79. The van der Waals surface area contributed by atoms with E-state index in [1.165, 1.54) is 31.3 Å². The van der Waals surface area contributed by atoms with Crippen LogP contribution in [0.5, 0.6) is 0 Å². The van der Waals surface area contributed by atoms with Crippen LogP contribution in [0.15, 0.2) is 11.6 Å². The second kappa shape index (κ2) is 8.62. The quantitative estimate of drug-likeness (QED) is 0.280. The Morgan fingerprint density at radius 2 is 1.82 bits per heavy atom. The molecular weight excluding hydrogens is 292 g/mol. The van der Waals surface area contributed by atoms with Crippen molar-refractivity contribution in [2.45, 2.75) is 83.9 Å².